The van der Waals surface area contributed by atoms with Crippen LogP contribution >= 0.6 is 0 Å². The standard InChI is InChI=1S/C27H37N5O2/c1-4-30-10-12-31(13-11-30)25-8-7-22(17-28-25)18-29-26(33)23-6-5-9-32(19-23)27(34)24-15-20(2)14-21(3)16-24/h7-8,14-17,23H,4-6,9-13,18-19H2,1-3H3,(H,29,33). The molecule has 2 amide bonds. The predicted molar refractivity (Wildman–Crippen MR) is 135 cm³/mol. The Hall–Kier alpha value is -2.93. The first-order valence-electron chi connectivity index (χ1n) is 12.5. The molecular formula is C27H37N5O2. The van der Waals surface area contributed by atoms with Crippen LogP contribution < -0.4 is 10.2 Å². The van der Waals surface area contributed by atoms with E-state index in [9.17, 15) is 9.59 Å². The number of likely N-dealkylation sites (tertiary alicyclic amines) is 1. The Kier molecular flexibility index (Phi) is 7.83. The number of aryl methyl sites for hydroxylation is 2. The van der Waals surface area contributed by atoms with Crippen molar-refractivity contribution in [1.82, 2.24) is 20.1 Å². The van der Waals surface area contributed by atoms with Crippen molar-refractivity contribution in [3.63, 3.8) is 0 Å². The zero-order chi connectivity index (χ0) is 24.1. The van der Waals surface area contributed by atoms with Crippen molar-refractivity contribution >= 4 is 17.6 Å². The summed E-state index contributed by atoms with van der Waals surface area (Å²) in [6, 6.07) is 10.0. The molecule has 0 radical (unpaired) electrons. The van der Waals surface area contributed by atoms with Crippen LogP contribution in [0, 0.1) is 19.8 Å². The molecule has 3 heterocycles. The number of hydrogen-bond acceptors (Lipinski definition) is 5. The zero-order valence-corrected chi connectivity index (χ0v) is 20.7. The van der Waals surface area contributed by atoms with Crippen LogP contribution in [-0.4, -0.2) is 72.4 Å². The first-order valence-corrected chi connectivity index (χ1v) is 12.5. The van der Waals surface area contributed by atoms with Crippen LogP contribution in [0.3, 0.4) is 0 Å². The molecule has 182 valence electrons. The molecule has 0 saturated carbocycles. The lowest BCUT2D eigenvalue weighted by molar-refractivity contribution is -0.126. The first kappa shape index (κ1) is 24.2. The van der Waals surface area contributed by atoms with E-state index in [4.69, 9.17) is 0 Å². The van der Waals surface area contributed by atoms with E-state index in [2.05, 4.69) is 33.1 Å². The van der Waals surface area contributed by atoms with Gasteiger partial charge in [-0.1, -0.05) is 30.2 Å². The lowest BCUT2D eigenvalue weighted by Gasteiger charge is -2.34. The number of pyridine rings is 1. The Labute approximate surface area is 203 Å². The van der Waals surface area contributed by atoms with Crippen LogP contribution in [0.2, 0.25) is 0 Å². The summed E-state index contributed by atoms with van der Waals surface area (Å²) in [7, 11) is 0. The molecule has 1 aromatic carbocycles. The molecule has 2 saturated heterocycles. The number of amides is 2. The number of anilines is 1. The summed E-state index contributed by atoms with van der Waals surface area (Å²) in [5.41, 5.74) is 3.86. The van der Waals surface area contributed by atoms with Crippen LogP contribution in [0.25, 0.3) is 0 Å². The molecule has 2 aromatic rings. The van der Waals surface area contributed by atoms with Crippen molar-refractivity contribution in [2.24, 2.45) is 5.92 Å². The molecule has 1 atom stereocenters. The average molecular weight is 464 g/mol. The molecule has 2 aliphatic heterocycles. The molecule has 1 aromatic heterocycles. The van der Waals surface area contributed by atoms with Gasteiger partial charge in [0.25, 0.3) is 5.91 Å². The van der Waals surface area contributed by atoms with Gasteiger partial charge in [0.2, 0.25) is 5.91 Å². The second-order valence-corrected chi connectivity index (χ2v) is 9.63. The van der Waals surface area contributed by atoms with Crippen LogP contribution in [0.15, 0.2) is 36.5 Å². The Bertz CT molecular complexity index is 978. The number of nitrogens with zero attached hydrogens (tertiary/aromatic N) is 4. The smallest absolute Gasteiger partial charge is 0.253 e. The molecule has 0 spiro atoms. The minimum absolute atomic E-state index is 0.0117. The molecule has 4 rings (SSSR count). The molecule has 0 aliphatic carbocycles. The van der Waals surface area contributed by atoms with Crippen molar-refractivity contribution in [3.05, 3.63) is 58.8 Å². The van der Waals surface area contributed by atoms with E-state index < -0.39 is 0 Å². The first-order chi connectivity index (χ1) is 16.4. The Morgan fingerprint density at radius 1 is 1.03 bits per heavy atom. The number of rotatable bonds is 6. The molecule has 2 fully saturated rings. The number of piperidine rings is 1. The van der Waals surface area contributed by atoms with E-state index in [0.717, 1.165) is 68.1 Å². The van der Waals surface area contributed by atoms with Gasteiger partial charge in [0, 0.05) is 57.6 Å². The third-order valence-electron chi connectivity index (χ3n) is 6.97. The number of hydrogen-bond donors (Lipinski definition) is 1. The summed E-state index contributed by atoms with van der Waals surface area (Å²) in [5.74, 6) is 0.853. The maximum Gasteiger partial charge on any atom is 0.253 e. The van der Waals surface area contributed by atoms with Gasteiger partial charge >= 0.3 is 0 Å². The summed E-state index contributed by atoms with van der Waals surface area (Å²) in [5, 5.41) is 3.06. The van der Waals surface area contributed by atoms with E-state index in [1.54, 1.807) is 0 Å². The van der Waals surface area contributed by atoms with Crippen LogP contribution in [0.5, 0.6) is 0 Å². The van der Waals surface area contributed by atoms with E-state index in [-0.39, 0.29) is 17.7 Å². The average Bonchev–Trinajstić information content (AvgIpc) is 2.86. The summed E-state index contributed by atoms with van der Waals surface area (Å²) in [4.78, 5) is 37.1. The van der Waals surface area contributed by atoms with Crippen molar-refractivity contribution in [2.45, 2.75) is 40.2 Å². The fraction of sp³-hybridized carbons (Fsp3) is 0.519. The maximum atomic E-state index is 13.0. The fourth-order valence-corrected chi connectivity index (χ4v) is 4.99. The largest absolute Gasteiger partial charge is 0.354 e. The number of benzene rings is 1. The minimum atomic E-state index is -0.175. The lowest BCUT2D eigenvalue weighted by atomic mass is 9.96. The van der Waals surface area contributed by atoms with Gasteiger partial charge in [-0.3, -0.25) is 9.59 Å². The van der Waals surface area contributed by atoms with E-state index >= 15 is 0 Å². The molecular weight excluding hydrogens is 426 g/mol. The van der Waals surface area contributed by atoms with E-state index in [1.807, 2.05) is 49.2 Å². The van der Waals surface area contributed by atoms with Crippen LogP contribution in [0.4, 0.5) is 5.82 Å². The summed E-state index contributed by atoms with van der Waals surface area (Å²) < 4.78 is 0. The maximum absolute atomic E-state index is 13.0. The van der Waals surface area contributed by atoms with E-state index in [1.165, 1.54) is 0 Å². The Morgan fingerprint density at radius 3 is 2.41 bits per heavy atom. The topological polar surface area (TPSA) is 68.8 Å². The number of carbonyl (C=O) groups excluding carboxylic acids is 2. The molecule has 34 heavy (non-hydrogen) atoms. The molecule has 0 bridgehead atoms. The molecule has 7 nitrogen and oxygen atoms in total. The third-order valence-corrected chi connectivity index (χ3v) is 6.97. The predicted octanol–water partition coefficient (Wildman–Crippen LogP) is 3.01. The van der Waals surface area contributed by atoms with Crippen molar-refractivity contribution < 1.29 is 9.59 Å². The second-order valence-electron chi connectivity index (χ2n) is 9.63. The Balaban J connectivity index is 1.28. The zero-order valence-electron chi connectivity index (χ0n) is 20.7. The molecule has 1 unspecified atom stereocenters. The van der Waals surface area contributed by atoms with Crippen molar-refractivity contribution in [3.8, 4) is 0 Å². The highest BCUT2D eigenvalue weighted by Crippen LogP contribution is 2.20. The van der Waals surface area contributed by atoms with Gasteiger partial charge in [-0.25, -0.2) is 4.98 Å². The highest BCUT2D eigenvalue weighted by Gasteiger charge is 2.29. The van der Waals surface area contributed by atoms with Gasteiger partial charge in [-0.15, -0.1) is 0 Å². The monoisotopic (exact) mass is 463 g/mol. The van der Waals surface area contributed by atoms with Gasteiger partial charge in [-0.2, -0.15) is 0 Å². The summed E-state index contributed by atoms with van der Waals surface area (Å²) in [6.07, 6.45) is 3.51. The van der Waals surface area contributed by atoms with Crippen LogP contribution in [-0.2, 0) is 11.3 Å². The minimum Gasteiger partial charge on any atom is -0.354 e. The summed E-state index contributed by atoms with van der Waals surface area (Å²) in [6.45, 7) is 13.1. The number of aromatic nitrogens is 1. The third kappa shape index (κ3) is 5.95. The van der Waals surface area contributed by atoms with Crippen molar-refractivity contribution in [1.29, 1.82) is 0 Å². The van der Waals surface area contributed by atoms with Gasteiger partial charge in [-0.05, 0) is 57.0 Å². The normalized spacial score (nSPS) is 19.2. The Morgan fingerprint density at radius 2 is 1.76 bits per heavy atom. The highest BCUT2D eigenvalue weighted by atomic mass is 16.2. The second kappa shape index (κ2) is 11.0. The fourth-order valence-electron chi connectivity index (χ4n) is 4.99. The van der Waals surface area contributed by atoms with Crippen molar-refractivity contribution in [2.75, 3.05) is 50.7 Å². The lowest BCUT2D eigenvalue weighted by Crippen LogP contribution is -2.46. The SMILES string of the molecule is CCN1CCN(c2ccc(CNC(=O)C3CCCN(C(=O)c4cc(C)cc(C)c4)C3)cn2)CC1. The van der Waals surface area contributed by atoms with Gasteiger partial charge in [0.15, 0.2) is 0 Å². The van der Waals surface area contributed by atoms with Gasteiger partial charge < -0.3 is 20.0 Å². The van der Waals surface area contributed by atoms with Gasteiger partial charge in [0.05, 0.1) is 5.92 Å². The quantitative estimate of drug-likeness (QED) is 0.713. The molecule has 2 aliphatic rings. The number of likely N-dealkylation sites (N-methyl/N-ethyl adjacent to an activating group) is 1. The molecule has 1 N–H and O–H groups in total. The highest BCUT2D eigenvalue weighted by molar-refractivity contribution is 5.95. The van der Waals surface area contributed by atoms with E-state index in [0.29, 0.717) is 25.2 Å². The summed E-state index contributed by atoms with van der Waals surface area (Å²) >= 11 is 0. The number of nitrogens with one attached hydrogen (secondary N) is 1. The number of carbonyl (C=O) groups is 2. The molecule has 7 heteroatoms. The van der Waals surface area contributed by atoms with Gasteiger partial charge in [0.1, 0.15) is 5.82 Å². The van der Waals surface area contributed by atoms with Crippen LogP contribution in [0.1, 0.15) is 46.8 Å². The number of piperazine rings is 1.